The number of phenols is 1. The number of aliphatic hydroxyl groups is 3. The Morgan fingerprint density at radius 1 is 1.07 bits per heavy atom. The van der Waals surface area contributed by atoms with Gasteiger partial charge in [-0.3, -0.25) is 19.4 Å². The van der Waals surface area contributed by atoms with Crippen molar-refractivity contribution in [2.45, 2.75) is 57.7 Å². The van der Waals surface area contributed by atoms with Gasteiger partial charge in [0.1, 0.15) is 0 Å². The number of rotatable bonds is 10. The van der Waals surface area contributed by atoms with Gasteiger partial charge >= 0.3 is 0 Å². The second-order valence-corrected chi connectivity index (χ2v) is 12.1. The fourth-order valence-electron chi connectivity index (χ4n) is 7.16. The number of fused-ring (bicyclic) bond motifs is 1. The van der Waals surface area contributed by atoms with E-state index in [2.05, 4.69) is 17.0 Å². The van der Waals surface area contributed by atoms with Crippen molar-refractivity contribution in [3.63, 3.8) is 0 Å². The highest BCUT2D eigenvalue weighted by atomic mass is 19.1. The number of piperidine rings is 1. The van der Waals surface area contributed by atoms with Crippen LogP contribution in [0.3, 0.4) is 0 Å². The highest BCUT2D eigenvalue weighted by Gasteiger charge is 2.56. The summed E-state index contributed by atoms with van der Waals surface area (Å²) in [5, 5.41) is 41.4. The Morgan fingerprint density at radius 2 is 1.79 bits per heavy atom. The zero-order valence-corrected chi connectivity index (χ0v) is 24.5. The third kappa shape index (κ3) is 6.60. The number of aliphatic hydroxyl groups excluding tert-OH is 3. The lowest BCUT2D eigenvalue weighted by Crippen LogP contribution is -2.47. The SMILES string of the molecule is C/C(=C\c1ccc(O)c(F)c1)CC[C@@H](O)C1=C(CO)C[C@H]2C(=O)N(C3CCN(Cc4ccccc4)CC3)C(=O)[C@H]2[C@H]1CO. The molecule has 8 nitrogen and oxygen atoms in total. The Morgan fingerprint density at radius 3 is 2.44 bits per heavy atom. The number of imide groups is 1. The van der Waals surface area contributed by atoms with Crippen molar-refractivity contribution >= 4 is 17.9 Å². The number of hydrogen-bond acceptors (Lipinski definition) is 7. The highest BCUT2D eigenvalue weighted by molar-refractivity contribution is 6.06. The number of phenolic OH excluding ortho intramolecular Hbond substituents is 1. The topological polar surface area (TPSA) is 122 Å². The molecule has 0 unspecified atom stereocenters. The van der Waals surface area contributed by atoms with E-state index in [1.54, 1.807) is 12.1 Å². The highest BCUT2D eigenvalue weighted by Crippen LogP contribution is 2.47. The summed E-state index contributed by atoms with van der Waals surface area (Å²) in [4.78, 5) is 31.2. The molecule has 2 fully saturated rings. The molecule has 4 N–H and O–H groups in total. The number of aromatic hydroxyl groups is 1. The van der Waals surface area contributed by atoms with Crippen molar-refractivity contribution in [3.05, 3.63) is 82.2 Å². The zero-order valence-electron chi connectivity index (χ0n) is 24.5. The monoisotopic (exact) mass is 592 g/mol. The average Bonchev–Trinajstić information content (AvgIpc) is 3.26. The maximum absolute atomic E-state index is 13.8. The van der Waals surface area contributed by atoms with Crippen LogP contribution in [0.15, 0.2) is 65.3 Å². The van der Waals surface area contributed by atoms with Crippen LogP contribution in [-0.2, 0) is 16.1 Å². The van der Waals surface area contributed by atoms with Gasteiger partial charge in [0, 0.05) is 31.6 Å². The van der Waals surface area contributed by atoms with E-state index >= 15 is 0 Å². The molecule has 2 saturated heterocycles. The molecule has 0 saturated carbocycles. The summed E-state index contributed by atoms with van der Waals surface area (Å²) in [5.74, 6) is -3.86. The average molecular weight is 593 g/mol. The van der Waals surface area contributed by atoms with Gasteiger partial charge in [-0.05, 0) is 73.4 Å². The summed E-state index contributed by atoms with van der Waals surface area (Å²) < 4.78 is 13.7. The number of carbonyl (C=O) groups is 2. The van der Waals surface area contributed by atoms with E-state index in [9.17, 15) is 34.4 Å². The van der Waals surface area contributed by atoms with Crippen LogP contribution in [0.1, 0.15) is 50.2 Å². The van der Waals surface area contributed by atoms with Gasteiger partial charge in [-0.25, -0.2) is 4.39 Å². The number of allylic oxidation sites excluding steroid dienone is 1. The molecule has 0 aromatic heterocycles. The molecule has 2 aliphatic heterocycles. The molecule has 3 aliphatic rings. The van der Waals surface area contributed by atoms with Crippen molar-refractivity contribution < 1.29 is 34.4 Å². The molecule has 1 aliphatic carbocycles. The fraction of sp³-hybridized carbons (Fsp3) is 0.471. The van der Waals surface area contributed by atoms with Gasteiger partial charge in [-0.2, -0.15) is 0 Å². The van der Waals surface area contributed by atoms with Gasteiger partial charge in [0.25, 0.3) is 0 Å². The van der Waals surface area contributed by atoms with E-state index in [1.165, 1.54) is 22.6 Å². The molecule has 2 aromatic carbocycles. The minimum Gasteiger partial charge on any atom is -0.505 e. The first-order chi connectivity index (χ1) is 20.7. The van der Waals surface area contributed by atoms with Crippen LogP contribution in [0.5, 0.6) is 5.75 Å². The second-order valence-electron chi connectivity index (χ2n) is 12.1. The standard InChI is InChI=1S/C34H41FN2O6/c1-21(15-23-8-10-29(40)28(35)16-23)7-9-30(41)31-24(19-38)17-26-32(27(31)20-39)34(43)37(33(26)42)25-11-13-36(14-12-25)18-22-5-3-2-4-6-22/h2-6,8,10,15-16,25-27,30,32,38-41H,7,9,11-14,17-20H2,1H3/b21-15+/t26-,27+,30-,32-/m1/s1. The molecule has 230 valence electrons. The lowest BCUT2D eigenvalue weighted by Gasteiger charge is -2.36. The van der Waals surface area contributed by atoms with E-state index in [-0.39, 0.29) is 37.3 Å². The van der Waals surface area contributed by atoms with E-state index in [0.29, 0.717) is 36.0 Å². The Bertz CT molecular complexity index is 1380. The maximum atomic E-state index is 13.8. The van der Waals surface area contributed by atoms with Crippen molar-refractivity contribution in [2.75, 3.05) is 26.3 Å². The first-order valence-electron chi connectivity index (χ1n) is 15.1. The van der Waals surface area contributed by atoms with E-state index < -0.39 is 42.0 Å². The Hall–Kier alpha value is -3.37. The Labute approximate surface area is 251 Å². The molecule has 0 radical (unpaired) electrons. The summed E-state index contributed by atoms with van der Waals surface area (Å²) >= 11 is 0. The van der Waals surface area contributed by atoms with Crippen LogP contribution in [0, 0.1) is 23.6 Å². The van der Waals surface area contributed by atoms with Crippen LogP contribution < -0.4 is 0 Å². The van der Waals surface area contributed by atoms with Crippen LogP contribution in [0.2, 0.25) is 0 Å². The maximum Gasteiger partial charge on any atom is 0.234 e. The largest absolute Gasteiger partial charge is 0.505 e. The molecule has 4 atom stereocenters. The minimum atomic E-state index is -1.03. The number of likely N-dealkylation sites (tertiary alicyclic amines) is 2. The first kappa shape index (κ1) is 31.1. The number of benzene rings is 2. The third-order valence-corrected chi connectivity index (χ3v) is 9.33. The number of nitrogens with zero attached hydrogens (tertiary/aromatic N) is 2. The molecule has 5 rings (SSSR count). The Balaban J connectivity index is 1.26. The lowest BCUT2D eigenvalue weighted by molar-refractivity contribution is -0.144. The first-order valence-corrected chi connectivity index (χ1v) is 15.1. The second kappa shape index (κ2) is 13.5. The molecular formula is C34H41FN2O6. The van der Waals surface area contributed by atoms with Crippen LogP contribution in [-0.4, -0.2) is 80.5 Å². The number of hydrogen-bond donors (Lipinski definition) is 4. The summed E-state index contributed by atoms with van der Waals surface area (Å²) in [5.41, 5.74) is 3.62. The molecule has 0 bridgehead atoms. The number of carbonyl (C=O) groups excluding carboxylic acids is 2. The molecule has 2 aromatic rings. The van der Waals surface area contributed by atoms with Crippen LogP contribution >= 0.6 is 0 Å². The zero-order chi connectivity index (χ0) is 30.7. The van der Waals surface area contributed by atoms with Gasteiger partial charge in [-0.1, -0.05) is 48.0 Å². The molecule has 43 heavy (non-hydrogen) atoms. The van der Waals surface area contributed by atoms with Crippen molar-refractivity contribution in [3.8, 4) is 5.75 Å². The van der Waals surface area contributed by atoms with Crippen molar-refractivity contribution in [1.29, 1.82) is 0 Å². The normalized spacial score (nSPS) is 24.5. The number of halogens is 1. The van der Waals surface area contributed by atoms with Gasteiger partial charge in [0.2, 0.25) is 11.8 Å². The Kier molecular flexibility index (Phi) is 9.76. The molecular weight excluding hydrogens is 551 g/mol. The van der Waals surface area contributed by atoms with E-state index in [4.69, 9.17) is 0 Å². The van der Waals surface area contributed by atoms with Crippen molar-refractivity contribution in [1.82, 2.24) is 9.80 Å². The van der Waals surface area contributed by atoms with Gasteiger partial charge in [0.05, 0.1) is 31.2 Å². The molecule has 9 heteroatoms. The van der Waals surface area contributed by atoms with Crippen molar-refractivity contribution in [2.24, 2.45) is 17.8 Å². The summed E-state index contributed by atoms with van der Waals surface area (Å²) in [6.45, 7) is 3.42. The van der Waals surface area contributed by atoms with Crippen LogP contribution in [0.25, 0.3) is 6.08 Å². The minimum absolute atomic E-state index is 0.180. The third-order valence-electron chi connectivity index (χ3n) is 9.33. The molecule has 2 heterocycles. The van der Waals surface area contributed by atoms with Crippen LogP contribution in [0.4, 0.5) is 4.39 Å². The molecule has 0 spiro atoms. The van der Waals surface area contributed by atoms with E-state index in [0.717, 1.165) is 25.2 Å². The number of amides is 2. The summed E-state index contributed by atoms with van der Waals surface area (Å²) in [6, 6.07) is 14.1. The summed E-state index contributed by atoms with van der Waals surface area (Å²) in [6.07, 6.45) is 2.98. The van der Waals surface area contributed by atoms with E-state index in [1.807, 2.05) is 25.1 Å². The predicted molar refractivity (Wildman–Crippen MR) is 160 cm³/mol. The quantitative estimate of drug-likeness (QED) is 0.246. The van der Waals surface area contributed by atoms with Gasteiger partial charge in [-0.15, -0.1) is 0 Å². The van der Waals surface area contributed by atoms with Gasteiger partial charge in [0.15, 0.2) is 11.6 Å². The molecule has 2 amide bonds. The smallest absolute Gasteiger partial charge is 0.234 e. The fourth-order valence-corrected chi connectivity index (χ4v) is 7.16. The summed E-state index contributed by atoms with van der Waals surface area (Å²) in [7, 11) is 0. The van der Waals surface area contributed by atoms with Gasteiger partial charge < -0.3 is 20.4 Å². The lowest BCUT2D eigenvalue weighted by atomic mass is 9.68. The predicted octanol–water partition coefficient (Wildman–Crippen LogP) is 3.64.